The van der Waals surface area contributed by atoms with Gasteiger partial charge < -0.3 is 10.1 Å². The van der Waals surface area contributed by atoms with E-state index in [0.29, 0.717) is 46.3 Å². The molecule has 0 spiro atoms. The molecule has 37 heavy (non-hydrogen) atoms. The van der Waals surface area contributed by atoms with Crippen LogP contribution >= 0.6 is 11.6 Å². The first-order valence-electron chi connectivity index (χ1n) is 11.6. The van der Waals surface area contributed by atoms with E-state index in [1.165, 1.54) is 0 Å². The van der Waals surface area contributed by atoms with Crippen LogP contribution in [0.4, 0.5) is 5.69 Å². The predicted octanol–water partition coefficient (Wildman–Crippen LogP) is 5.08. The van der Waals surface area contributed by atoms with E-state index < -0.39 is 11.8 Å². The Labute approximate surface area is 218 Å². The largest absolute Gasteiger partial charge is 0.491 e. The van der Waals surface area contributed by atoms with Gasteiger partial charge in [-0.25, -0.2) is 4.90 Å². The van der Waals surface area contributed by atoms with E-state index in [-0.39, 0.29) is 17.0 Å². The molecule has 0 saturated carbocycles. The molecule has 0 saturated heterocycles. The van der Waals surface area contributed by atoms with Crippen LogP contribution in [0.1, 0.15) is 32.0 Å². The zero-order chi connectivity index (χ0) is 25.9. The third kappa shape index (κ3) is 4.54. The maximum atomic E-state index is 13.1. The number of imide groups is 1. The third-order valence-corrected chi connectivity index (χ3v) is 6.30. The van der Waals surface area contributed by atoms with Crippen LogP contribution in [0.3, 0.4) is 0 Å². The van der Waals surface area contributed by atoms with Crippen LogP contribution in [-0.4, -0.2) is 46.2 Å². The van der Waals surface area contributed by atoms with Gasteiger partial charge in [0.2, 0.25) is 0 Å². The van der Waals surface area contributed by atoms with Crippen molar-refractivity contribution in [2.45, 2.75) is 6.42 Å². The van der Waals surface area contributed by atoms with Crippen molar-refractivity contribution in [3.63, 3.8) is 0 Å². The lowest BCUT2D eigenvalue weighted by atomic mass is 10.0. The normalized spacial score (nSPS) is 12.4. The van der Waals surface area contributed by atoms with Crippen molar-refractivity contribution in [1.82, 2.24) is 14.9 Å². The lowest BCUT2D eigenvalue weighted by Crippen LogP contribution is -2.36. The van der Waals surface area contributed by atoms with Gasteiger partial charge in [-0.2, -0.15) is 0 Å². The Balaban J connectivity index is 1.57. The van der Waals surface area contributed by atoms with Crippen molar-refractivity contribution in [3.8, 4) is 17.0 Å². The molecule has 0 atom stereocenters. The van der Waals surface area contributed by atoms with E-state index >= 15 is 0 Å². The van der Waals surface area contributed by atoms with Crippen LogP contribution in [-0.2, 0) is 6.42 Å². The Hall–Kier alpha value is -4.56. The summed E-state index contributed by atoms with van der Waals surface area (Å²) in [5, 5.41) is 12.4. The molecule has 0 fully saturated rings. The van der Waals surface area contributed by atoms with Gasteiger partial charge in [-0.3, -0.25) is 25.0 Å². The zero-order valence-electron chi connectivity index (χ0n) is 19.9. The molecule has 4 aromatic rings. The van der Waals surface area contributed by atoms with Gasteiger partial charge in [-0.15, -0.1) is 0 Å². The number of pyridine rings is 2. The number of rotatable bonds is 7. The van der Waals surface area contributed by atoms with Crippen molar-refractivity contribution in [1.29, 1.82) is 5.41 Å². The maximum absolute atomic E-state index is 13.1. The molecule has 9 heteroatoms. The lowest BCUT2D eigenvalue weighted by Gasteiger charge is -2.21. The average molecular weight is 512 g/mol. The number of carbonyl (C=O) groups is 2. The molecular formula is C28H22ClN5O3. The van der Waals surface area contributed by atoms with Gasteiger partial charge in [0.15, 0.2) is 0 Å². The van der Waals surface area contributed by atoms with Crippen LogP contribution in [0, 0.1) is 5.41 Å². The molecule has 184 valence electrons. The molecule has 8 nitrogen and oxygen atoms in total. The number of fused-ring (bicyclic) bond motifs is 1. The molecule has 3 heterocycles. The second-order valence-electron chi connectivity index (χ2n) is 8.24. The number of nitrogens with zero attached hydrogens (tertiary/aromatic N) is 3. The summed E-state index contributed by atoms with van der Waals surface area (Å²) in [6.45, 7) is 0.310. The average Bonchev–Trinajstić information content (AvgIpc) is 3.18. The number of hydrogen-bond donors (Lipinski definition) is 2. The van der Waals surface area contributed by atoms with E-state index in [9.17, 15) is 9.59 Å². The molecule has 1 aliphatic heterocycles. The van der Waals surface area contributed by atoms with E-state index in [4.69, 9.17) is 21.7 Å². The Morgan fingerprint density at radius 1 is 0.973 bits per heavy atom. The minimum atomic E-state index is -0.549. The molecule has 1 aliphatic rings. The Bertz CT molecular complexity index is 1490. The monoisotopic (exact) mass is 511 g/mol. The SMILES string of the molecule is CNc1c(OCCc2ccccn2)cc(-c2ncccc2Cl)cc1C(=N)N1C(=O)c2ccccc2C1=O. The number of nitrogens with one attached hydrogen (secondary N) is 2. The number of amides is 2. The number of benzene rings is 2. The van der Waals surface area contributed by atoms with Crippen LogP contribution < -0.4 is 10.1 Å². The molecule has 0 bridgehead atoms. The first-order valence-corrected chi connectivity index (χ1v) is 11.9. The minimum absolute atomic E-state index is 0.263. The number of halogens is 1. The van der Waals surface area contributed by atoms with E-state index in [1.54, 1.807) is 68.0 Å². The summed E-state index contributed by atoms with van der Waals surface area (Å²) in [7, 11) is 1.69. The molecular weight excluding hydrogens is 490 g/mol. The van der Waals surface area contributed by atoms with Crippen molar-refractivity contribution < 1.29 is 14.3 Å². The number of anilines is 1. The van der Waals surface area contributed by atoms with Crippen LogP contribution in [0.5, 0.6) is 5.75 Å². The van der Waals surface area contributed by atoms with Crippen LogP contribution in [0.15, 0.2) is 79.1 Å². The standard InChI is InChI=1S/C28H22ClN5O3/c1-31-25-21(26(30)34-27(35)19-8-2-3-9-20(19)28(34)36)15-17(24-22(29)10-6-13-33-24)16-23(25)37-14-11-18-7-4-5-12-32-18/h2-10,12-13,15-16,30-31H,11,14H2,1H3. The molecule has 0 unspecified atom stereocenters. The molecule has 0 radical (unpaired) electrons. The summed E-state index contributed by atoms with van der Waals surface area (Å²) in [4.78, 5) is 35.8. The van der Waals surface area contributed by atoms with E-state index in [1.807, 2.05) is 18.2 Å². The van der Waals surface area contributed by atoms with Crippen molar-refractivity contribution in [2.24, 2.45) is 0 Å². The fourth-order valence-electron chi connectivity index (χ4n) is 4.23. The van der Waals surface area contributed by atoms with E-state index in [0.717, 1.165) is 10.6 Å². The third-order valence-electron chi connectivity index (χ3n) is 6.00. The Kier molecular flexibility index (Phi) is 6.66. The smallest absolute Gasteiger partial charge is 0.267 e. The highest BCUT2D eigenvalue weighted by Crippen LogP contribution is 2.38. The highest BCUT2D eigenvalue weighted by atomic mass is 35.5. The van der Waals surface area contributed by atoms with Crippen molar-refractivity contribution in [3.05, 3.63) is 107 Å². The summed E-state index contributed by atoms with van der Waals surface area (Å²) in [5.74, 6) is -0.953. The first-order chi connectivity index (χ1) is 18.0. The topological polar surface area (TPSA) is 108 Å². The lowest BCUT2D eigenvalue weighted by molar-refractivity contribution is 0.0748. The van der Waals surface area contributed by atoms with Crippen molar-refractivity contribution in [2.75, 3.05) is 19.0 Å². The Morgan fingerprint density at radius 3 is 2.32 bits per heavy atom. The van der Waals surface area contributed by atoms with E-state index in [2.05, 4.69) is 15.3 Å². The molecule has 2 amide bonds. The highest BCUT2D eigenvalue weighted by Gasteiger charge is 2.39. The fraction of sp³-hybridized carbons (Fsp3) is 0.107. The number of hydrogen-bond acceptors (Lipinski definition) is 7. The first kappa shape index (κ1) is 24.1. The van der Waals surface area contributed by atoms with Crippen LogP contribution in [0.25, 0.3) is 11.3 Å². The molecule has 2 aromatic heterocycles. The molecule has 2 N–H and O–H groups in total. The number of carbonyl (C=O) groups excluding carboxylic acids is 2. The van der Waals surface area contributed by atoms with Gasteiger partial charge >= 0.3 is 0 Å². The van der Waals surface area contributed by atoms with Gasteiger partial charge in [-0.1, -0.05) is 29.8 Å². The van der Waals surface area contributed by atoms with Crippen molar-refractivity contribution >= 4 is 34.9 Å². The van der Waals surface area contributed by atoms with Crippen LogP contribution in [0.2, 0.25) is 5.02 Å². The number of ether oxygens (including phenoxy) is 1. The highest BCUT2D eigenvalue weighted by molar-refractivity contribution is 6.33. The molecule has 5 rings (SSSR count). The molecule has 0 aliphatic carbocycles. The van der Waals surface area contributed by atoms with Gasteiger partial charge in [0.1, 0.15) is 11.6 Å². The predicted molar refractivity (Wildman–Crippen MR) is 141 cm³/mol. The second kappa shape index (κ2) is 10.2. The minimum Gasteiger partial charge on any atom is -0.491 e. The second-order valence-corrected chi connectivity index (χ2v) is 8.65. The number of aromatic nitrogens is 2. The fourth-order valence-corrected chi connectivity index (χ4v) is 4.46. The zero-order valence-corrected chi connectivity index (χ0v) is 20.6. The summed E-state index contributed by atoms with van der Waals surface area (Å²) in [6, 6.07) is 19.1. The Morgan fingerprint density at radius 2 is 1.68 bits per heavy atom. The quantitative estimate of drug-likeness (QED) is 0.203. The summed E-state index contributed by atoms with van der Waals surface area (Å²) in [6.07, 6.45) is 3.90. The van der Waals surface area contributed by atoms with Gasteiger partial charge in [0, 0.05) is 42.7 Å². The van der Waals surface area contributed by atoms with Gasteiger partial charge in [0.25, 0.3) is 11.8 Å². The summed E-state index contributed by atoms with van der Waals surface area (Å²) >= 11 is 6.44. The molecule has 2 aromatic carbocycles. The number of amidine groups is 1. The maximum Gasteiger partial charge on any atom is 0.267 e. The van der Waals surface area contributed by atoms with Gasteiger partial charge in [0.05, 0.1) is 34.1 Å². The summed E-state index contributed by atoms with van der Waals surface area (Å²) < 4.78 is 6.14. The summed E-state index contributed by atoms with van der Waals surface area (Å²) in [5.41, 5.74) is 3.21. The van der Waals surface area contributed by atoms with Gasteiger partial charge in [-0.05, 0) is 48.5 Å².